The lowest BCUT2D eigenvalue weighted by Crippen LogP contribution is -2.25. The van der Waals surface area contributed by atoms with Crippen LogP contribution in [0.25, 0.3) is 10.1 Å². The molecule has 0 saturated heterocycles. The number of benzene rings is 2. The lowest BCUT2D eigenvalue weighted by Gasteiger charge is -2.08. The summed E-state index contributed by atoms with van der Waals surface area (Å²) in [5, 5.41) is 8.39. The van der Waals surface area contributed by atoms with Gasteiger partial charge in [0.15, 0.2) is 0 Å². The molecule has 0 spiro atoms. The summed E-state index contributed by atoms with van der Waals surface area (Å²) in [6.07, 6.45) is 0.815. The minimum absolute atomic E-state index is 0.0892. The van der Waals surface area contributed by atoms with Crippen LogP contribution in [0.2, 0.25) is 0 Å². The average molecular weight is 395 g/mol. The Morgan fingerprint density at radius 2 is 2.04 bits per heavy atom. The first-order chi connectivity index (χ1) is 13.3. The first kappa shape index (κ1) is 17.7. The summed E-state index contributed by atoms with van der Waals surface area (Å²) >= 11 is 3.28. The fourth-order valence-electron chi connectivity index (χ4n) is 2.83. The van der Waals surface area contributed by atoms with Gasteiger partial charge >= 0.3 is 0 Å². The summed E-state index contributed by atoms with van der Waals surface area (Å²) in [5.74, 6) is 0.577. The Labute approximate surface area is 165 Å². The number of carbonyl (C=O) groups is 1. The largest absolute Gasteiger partial charge is 0.487 e. The van der Waals surface area contributed by atoms with Crippen molar-refractivity contribution in [2.75, 3.05) is 6.54 Å². The Hall–Kier alpha value is -2.70. The second-order valence-corrected chi connectivity index (χ2v) is 7.69. The number of hydrogen-bond acceptors (Lipinski definition) is 5. The second-order valence-electron chi connectivity index (χ2n) is 6.06. The van der Waals surface area contributed by atoms with E-state index in [9.17, 15) is 4.79 Å². The van der Waals surface area contributed by atoms with E-state index in [2.05, 4.69) is 27.8 Å². The van der Waals surface area contributed by atoms with Crippen LogP contribution in [-0.4, -0.2) is 17.4 Å². The minimum atomic E-state index is -0.0892. The van der Waals surface area contributed by atoms with E-state index < -0.39 is 0 Å². The average Bonchev–Trinajstić information content (AvgIpc) is 3.37. The van der Waals surface area contributed by atoms with Crippen molar-refractivity contribution in [3.8, 4) is 5.75 Å². The first-order valence-electron chi connectivity index (χ1n) is 8.63. The minimum Gasteiger partial charge on any atom is -0.487 e. The summed E-state index contributed by atoms with van der Waals surface area (Å²) in [6, 6.07) is 15.6. The normalized spacial score (nSPS) is 10.8. The van der Waals surface area contributed by atoms with Gasteiger partial charge in [-0.3, -0.25) is 4.79 Å². The maximum atomic E-state index is 12.4. The second kappa shape index (κ2) is 8.33. The molecule has 0 saturated carbocycles. The van der Waals surface area contributed by atoms with Crippen molar-refractivity contribution in [3.05, 3.63) is 81.6 Å². The van der Waals surface area contributed by atoms with Crippen LogP contribution in [0.15, 0.2) is 64.8 Å². The Kier molecular flexibility index (Phi) is 5.46. The van der Waals surface area contributed by atoms with E-state index in [1.165, 1.54) is 27.0 Å². The summed E-state index contributed by atoms with van der Waals surface area (Å²) in [5.41, 5.74) is 4.54. The number of hydrogen-bond donors (Lipinski definition) is 1. The van der Waals surface area contributed by atoms with Gasteiger partial charge in [0.05, 0.1) is 11.2 Å². The van der Waals surface area contributed by atoms with Crippen molar-refractivity contribution in [1.29, 1.82) is 0 Å². The molecule has 4 rings (SSSR count). The van der Waals surface area contributed by atoms with Gasteiger partial charge < -0.3 is 10.1 Å². The van der Waals surface area contributed by atoms with Gasteiger partial charge in [-0.1, -0.05) is 24.3 Å². The SMILES string of the molecule is O=C(NCCc1csc2ccccc12)c1cccc(OCc2cscn2)c1. The number of nitrogens with one attached hydrogen (secondary N) is 1. The summed E-state index contributed by atoms with van der Waals surface area (Å²) in [4.78, 5) is 16.6. The maximum absolute atomic E-state index is 12.4. The van der Waals surface area contributed by atoms with Gasteiger partial charge in [-0.05, 0) is 47.0 Å². The van der Waals surface area contributed by atoms with E-state index in [4.69, 9.17) is 4.74 Å². The van der Waals surface area contributed by atoms with Crippen molar-refractivity contribution < 1.29 is 9.53 Å². The highest BCUT2D eigenvalue weighted by Crippen LogP contribution is 2.25. The number of amides is 1. The van der Waals surface area contributed by atoms with Gasteiger partial charge in [0.25, 0.3) is 5.91 Å². The quantitative estimate of drug-likeness (QED) is 0.485. The number of thiazole rings is 1. The van der Waals surface area contributed by atoms with Crippen LogP contribution in [0.3, 0.4) is 0 Å². The third-order valence-corrected chi connectivity index (χ3v) is 5.86. The molecular weight excluding hydrogens is 376 g/mol. The van der Waals surface area contributed by atoms with Crippen LogP contribution < -0.4 is 10.1 Å². The molecule has 0 aliphatic carbocycles. The van der Waals surface area contributed by atoms with Crippen LogP contribution in [0, 0.1) is 0 Å². The molecule has 1 amide bonds. The van der Waals surface area contributed by atoms with E-state index in [-0.39, 0.29) is 5.91 Å². The molecule has 4 aromatic rings. The predicted molar refractivity (Wildman–Crippen MR) is 111 cm³/mol. The van der Waals surface area contributed by atoms with E-state index in [0.717, 1.165) is 12.1 Å². The molecule has 2 aromatic carbocycles. The van der Waals surface area contributed by atoms with Gasteiger partial charge in [-0.15, -0.1) is 22.7 Å². The number of carbonyl (C=O) groups excluding carboxylic acids is 1. The molecule has 0 unspecified atom stereocenters. The molecule has 1 N–H and O–H groups in total. The van der Waals surface area contributed by atoms with Gasteiger partial charge in [-0.2, -0.15) is 0 Å². The Balaban J connectivity index is 1.33. The first-order valence-corrected chi connectivity index (χ1v) is 10.4. The number of nitrogens with zero attached hydrogens (tertiary/aromatic N) is 1. The summed E-state index contributed by atoms with van der Waals surface area (Å²) in [6.45, 7) is 1.00. The van der Waals surface area contributed by atoms with Gasteiger partial charge in [0.1, 0.15) is 12.4 Å². The zero-order chi connectivity index (χ0) is 18.5. The fraction of sp³-hybridized carbons (Fsp3) is 0.143. The van der Waals surface area contributed by atoms with E-state index >= 15 is 0 Å². The Morgan fingerprint density at radius 1 is 1.11 bits per heavy atom. The molecule has 4 nitrogen and oxygen atoms in total. The molecule has 2 heterocycles. The highest BCUT2D eigenvalue weighted by atomic mass is 32.1. The van der Waals surface area contributed by atoms with Gasteiger partial charge in [0.2, 0.25) is 0 Å². The van der Waals surface area contributed by atoms with E-state index in [1.807, 2.05) is 29.6 Å². The lowest BCUT2D eigenvalue weighted by atomic mass is 10.1. The lowest BCUT2D eigenvalue weighted by molar-refractivity contribution is 0.0953. The smallest absolute Gasteiger partial charge is 0.251 e. The van der Waals surface area contributed by atoms with Gasteiger partial charge in [-0.25, -0.2) is 4.98 Å². The molecule has 0 bridgehead atoms. The molecule has 27 heavy (non-hydrogen) atoms. The molecule has 0 radical (unpaired) electrons. The molecule has 2 aromatic heterocycles. The molecule has 0 fully saturated rings. The fourth-order valence-corrected chi connectivity index (χ4v) is 4.37. The number of rotatable bonds is 7. The van der Waals surface area contributed by atoms with Crippen molar-refractivity contribution >= 4 is 38.7 Å². The Morgan fingerprint density at radius 3 is 2.93 bits per heavy atom. The topological polar surface area (TPSA) is 51.2 Å². The van der Waals surface area contributed by atoms with Crippen LogP contribution in [0.4, 0.5) is 0 Å². The summed E-state index contributed by atoms with van der Waals surface area (Å²) < 4.78 is 7.00. The third-order valence-electron chi connectivity index (χ3n) is 4.21. The van der Waals surface area contributed by atoms with E-state index in [0.29, 0.717) is 24.5 Å². The standard InChI is InChI=1S/C21H18N2O2S2/c24-21(22-9-8-16-12-27-20-7-2-1-6-19(16)20)15-4-3-5-18(10-15)25-11-17-13-26-14-23-17/h1-7,10,12-14H,8-9,11H2,(H,22,24). The number of ether oxygens (including phenoxy) is 1. The molecule has 6 heteroatoms. The third kappa shape index (κ3) is 4.35. The zero-order valence-corrected chi connectivity index (χ0v) is 16.2. The van der Waals surface area contributed by atoms with Crippen LogP contribution in [0.1, 0.15) is 21.6 Å². The van der Waals surface area contributed by atoms with Crippen molar-refractivity contribution in [3.63, 3.8) is 0 Å². The number of thiophene rings is 1. The predicted octanol–water partition coefficient (Wildman–Crippen LogP) is 4.91. The zero-order valence-electron chi connectivity index (χ0n) is 14.6. The van der Waals surface area contributed by atoms with E-state index in [1.54, 1.807) is 29.0 Å². The molecule has 0 atom stereocenters. The maximum Gasteiger partial charge on any atom is 0.251 e. The van der Waals surface area contributed by atoms with Crippen molar-refractivity contribution in [1.82, 2.24) is 10.3 Å². The number of aromatic nitrogens is 1. The molecule has 0 aliphatic heterocycles. The van der Waals surface area contributed by atoms with Gasteiger partial charge in [0, 0.05) is 22.2 Å². The number of fused-ring (bicyclic) bond motifs is 1. The van der Waals surface area contributed by atoms with Crippen molar-refractivity contribution in [2.45, 2.75) is 13.0 Å². The summed E-state index contributed by atoms with van der Waals surface area (Å²) in [7, 11) is 0. The highest BCUT2D eigenvalue weighted by Gasteiger charge is 2.08. The molecule has 136 valence electrons. The van der Waals surface area contributed by atoms with Crippen LogP contribution in [-0.2, 0) is 13.0 Å². The Bertz CT molecular complexity index is 1040. The molecular formula is C21H18N2O2S2. The van der Waals surface area contributed by atoms with Crippen molar-refractivity contribution in [2.24, 2.45) is 0 Å². The van der Waals surface area contributed by atoms with Crippen LogP contribution >= 0.6 is 22.7 Å². The monoisotopic (exact) mass is 394 g/mol. The molecule has 0 aliphatic rings. The highest BCUT2D eigenvalue weighted by molar-refractivity contribution is 7.17. The van der Waals surface area contributed by atoms with Crippen LogP contribution in [0.5, 0.6) is 5.75 Å².